The molecule has 3 aromatic rings. The Labute approximate surface area is 158 Å². The van der Waals surface area contributed by atoms with E-state index < -0.39 is 0 Å². The van der Waals surface area contributed by atoms with E-state index in [4.69, 9.17) is 4.74 Å². The van der Waals surface area contributed by atoms with Crippen LogP contribution in [-0.4, -0.2) is 12.6 Å². The van der Waals surface area contributed by atoms with Gasteiger partial charge in [-0.15, -0.1) is 0 Å². The highest BCUT2D eigenvalue weighted by molar-refractivity contribution is 8.08. The van der Waals surface area contributed by atoms with Gasteiger partial charge in [-0.05, 0) is 30.2 Å². The first kappa shape index (κ1) is 18.0. The van der Waals surface area contributed by atoms with Crippen LogP contribution >= 0.6 is 11.8 Å². The van der Waals surface area contributed by atoms with Crippen LogP contribution in [-0.2, 0) is 9.53 Å². The number of hydrogen-bond donors (Lipinski definition) is 0. The van der Waals surface area contributed by atoms with E-state index in [1.54, 1.807) is 11.8 Å². The summed E-state index contributed by atoms with van der Waals surface area (Å²) in [6, 6.07) is 29.7. The van der Waals surface area contributed by atoms with Gasteiger partial charge in [0.25, 0.3) is 0 Å². The Hall–Kier alpha value is -2.78. The molecule has 3 aromatic carbocycles. The van der Waals surface area contributed by atoms with Crippen LogP contribution in [0, 0.1) is 0 Å². The highest BCUT2D eigenvalue weighted by atomic mass is 32.2. The normalized spacial score (nSPS) is 11.6. The fourth-order valence-electron chi connectivity index (χ4n) is 2.60. The molecule has 0 bridgehead atoms. The maximum Gasteiger partial charge on any atom is 0.339 e. The molecule has 0 saturated carbocycles. The third-order valence-electron chi connectivity index (χ3n) is 3.77. The van der Waals surface area contributed by atoms with Crippen LogP contribution < -0.4 is 0 Å². The van der Waals surface area contributed by atoms with E-state index in [0.717, 1.165) is 20.9 Å². The van der Waals surface area contributed by atoms with Crippen LogP contribution in [0.1, 0.15) is 18.1 Å². The molecule has 0 aliphatic carbocycles. The van der Waals surface area contributed by atoms with Gasteiger partial charge in [0, 0.05) is 9.80 Å². The minimum Gasteiger partial charge on any atom is -0.462 e. The lowest BCUT2D eigenvalue weighted by molar-refractivity contribution is -0.136. The molecule has 3 rings (SSSR count). The van der Waals surface area contributed by atoms with Crippen molar-refractivity contribution < 1.29 is 9.53 Å². The van der Waals surface area contributed by atoms with Crippen molar-refractivity contribution in [2.45, 2.75) is 11.8 Å². The fraction of sp³-hybridized carbons (Fsp3) is 0.0870. The quantitative estimate of drug-likeness (QED) is 0.236. The second-order valence-corrected chi connectivity index (χ2v) is 6.66. The molecule has 0 spiro atoms. The smallest absolute Gasteiger partial charge is 0.339 e. The molecule has 0 atom stereocenters. The lowest BCUT2D eigenvalue weighted by atomic mass is 10.0. The van der Waals surface area contributed by atoms with Crippen LogP contribution in [0.25, 0.3) is 10.5 Å². The lowest BCUT2D eigenvalue weighted by Crippen LogP contribution is -2.08. The van der Waals surface area contributed by atoms with Crippen LogP contribution in [0.3, 0.4) is 0 Å². The monoisotopic (exact) mass is 360 g/mol. The summed E-state index contributed by atoms with van der Waals surface area (Å²) in [6.07, 6.45) is 0. The molecule has 0 fully saturated rings. The number of thioether (sulfide) groups is 1. The Kier molecular flexibility index (Phi) is 6.29. The van der Waals surface area contributed by atoms with E-state index in [1.807, 2.05) is 97.9 Å². The molecule has 130 valence electrons. The molecule has 0 radical (unpaired) electrons. The van der Waals surface area contributed by atoms with Gasteiger partial charge in [0.1, 0.15) is 0 Å². The topological polar surface area (TPSA) is 26.3 Å². The molecule has 3 heteroatoms. The molecule has 0 saturated heterocycles. The average Bonchev–Trinajstić information content (AvgIpc) is 2.70. The zero-order valence-corrected chi connectivity index (χ0v) is 15.4. The Bertz CT molecular complexity index is 872. The van der Waals surface area contributed by atoms with Gasteiger partial charge in [-0.2, -0.15) is 0 Å². The number of benzene rings is 3. The highest BCUT2D eigenvalue weighted by Crippen LogP contribution is 2.40. The van der Waals surface area contributed by atoms with Crippen molar-refractivity contribution in [1.82, 2.24) is 0 Å². The summed E-state index contributed by atoms with van der Waals surface area (Å²) in [4.78, 5) is 14.8. The first-order valence-corrected chi connectivity index (χ1v) is 9.36. The number of carbonyl (C=O) groups excluding carboxylic acids is 1. The summed E-state index contributed by atoms with van der Waals surface area (Å²) < 4.78 is 5.39. The van der Waals surface area contributed by atoms with E-state index >= 15 is 0 Å². The first-order chi connectivity index (χ1) is 12.8. The van der Waals surface area contributed by atoms with Crippen molar-refractivity contribution in [3.8, 4) is 0 Å². The van der Waals surface area contributed by atoms with Crippen LogP contribution in [0.4, 0.5) is 0 Å². The number of rotatable bonds is 6. The molecule has 0 N–H and O–H groups in total. The van der Waals surface area contributed by atoms with Crippen molar-refractivity contribution in [3.63, 3.8) is 0 Å². The second-order valence-electron chi connectivity index (χ2n) is 5.57. The largest absolute Gasteiger partial charge is 0.462 e. The van der Waals surface area contributed by atoms with E-state index in [9.17, 15) is 4.79 Å². The van der Waals surface area contributed by atoms with Crippen LogP contribution in [0.15, 0.2) is 95.9 Å². The van der Waals surface area contributed by atoms with E-state index in [1.165, 1.54) is 0 Å². The highest BCUT2D eigenvalue weighted by Gasteiger charge is 2.21. The van der Waals surface area contributed by atoms with Gasteiger partial charge in [0.05, 0.1) is 12.2 Å². The summed E-state index contributed by atoms with van der Waals surface area (Å²) in [5, 5.41) is 0. The zero-order chi connectivity index (χ0) is 18.2. The zero-order valence-electron chi connectivity index (χ0n) is 14.6. The molecule has 26 heavy (non-hydrogen) atoms. The van der Waals surface area contributed by atoms with Crippen LogP contribution in [0.5, 0.6) is 0 Å². The SMILES string of the molecule is CCOC(=O)/C(=C(/Sc1ccccc1)c1ccccc1)c1ccccc1. The van der Waals surface area contributed by atoms with Crippen molar-refractivity contribution >= 4 is 28.2 Å². The third kappa shape index (κ3) is 4.44. The molecular weight excluding hydrogens is 340 g/mol. The standard InChI is InChI=1S/C23H20O2S/c1-2-25-23(24)21(18-12-6-3-7-13-18)22(19-14-8-4-9-15-19)26-20-16-10-5-11-17-20/h3-17H,2H2,1H3/b22-21+. The van der Waals surface area contributed by atoms with Crippen molar-refractivity contribution in [2.75, 3.05) is 6.61 Å². The van der Waals surface area contributed by atoms with Gasteiger partial charge in [-0.25, -0.2) is 4.79 Å². The van der Waals surface area contributed by atoms with Gasteiger partial charge in [0.2, 0.25) is 0 Å². The lowest BCUT2D eigenvalue weighted by Gasteiger charge is -2.15. The maximum absolute atomic E-state index is 12.9. The molecule has 0 amide bonds. The molecule has 0 heterocycles. The summed E-state index contributed by atoms with van der Waals surface area (Å²) in [5.74, 6) is -0.305. The van der Waals surface area contributed by atoms with Crippen molar-refractivity contribution in [1.29, 1.82) is 0 Å². The summed E-state index contributed by atoms with van der Waals surface area (Å²) in [7, 11) is 0. The second kappa shape index (κ2) is 9.07. The minimum absolute atomic E-state index is 0.305. The van der Waals surface area contributed by atoms with Gasteiger partial charge >= 0.3 is 5.97 Å². The van der Waals surface area contributed by atoms with Gasteiger partial charge in [0.15, 0.2) is 0 Å². The number of carbonyl (C=O) groups is 1. The predicted octanol–water partition coefficient (Wildman–Crippen LogP) is 5.91. The first-order valence-electron chi connectivity index (χ1n) is 8.54. The molecule has 2 nitrogen and oxygen atoms in total. The van der Waals surface area contributed by atoms with E-state index in [0.29, 0.717) is 12.2 Å². The third-order valence-corrected chi connectivity index (χ3v) is 4.92. The van der Waals surface area contributed by atoms with Crippen molar-refractivity contribution in [2.24, 2.45) is 0 Å². The average molecular weight is 360 g/mol. The molecule has 0 aliphatic heterocycles. The van der Waals surface area contributed by atoms with E-state index in [2.05, 4.69) is 0 Å². The van der Waals surface area contributed by atoms with Gasteiger partial charge in [-0.1, -0.05) is 90.6 Å². The van der Waals surface area contributed by atoms with E-state index in [-0.39, 0.29) is 5.97 Å². The molecule has 0 aromatic heterocycles. The predicted molar refractivity (Wildman–Crippen MR) is 109 cm³/mol. The maximum atomic E-state index is 12.9. The Morgan fingerprint density at radius 3 is 1.81 bits per heavy atom. The molecule has 0 unspecified atom stereocenters. The number of hydrogen-bond acceptors (Lipinski definition) is 3. The summed E-state index contributed by atoms with van der Waals surface area (Å²) in [6.45, 7) is 2.17. The molecule has 0 aliphatic rings. The summed E-state index contributed by atoms with van der Waals surface area (Å²) >= 11 is 1.58. The van der Waals surface area contributed by atoms with Gasteiger partial charge < -0.3 is 4.74 Å². The minimum atomic E-state index is -0.305. The Morgan fingerprint density at radius 2 is 1.27 bits per heavy atom. The Morgan fingerprint density at radius 1 is 0.769 bits per heavy atom. The van der Waals surface area contributed by atoms with Crippen molar-refractivity contribution in [3.05, 3.63) is 102 Å². The Balaban J connectivity index is 2.20. The van der Waals surface area contributed by atoms with Gasteiger partial charge in [-0.3, -0.25) is 0 Å². The number of ether oxygens (including phenoxy) is 1. The number of esters is 1. The summed E-state index contributed by atoms with van der Waals surface area (Å²) in [5.41, 5.74) is 2.44. The van der Waals surface area contributed by atoms with Crippen LogP contribution in [0.2, 0.25) is 0 Å². The fourth-order valence-corrected chi connectivity index (χ4v) is 3.69. The molecular formula is C23H20O2S.